The first-order valence-corrected chi connectivity index (χ1v) is 7.72. The van der Waals surface area contributed by atoms with Gasteiger partial charge in [0.15, 0.2) is 9.84 Å². The molecule has 0 fully saturated rings. The van der Waals surface area contributed by atoms with E-state index in [0.717, 1.165) is 0 Å². The number of sulfone groups is 1. The molecule has 19 heavy (non-hydrogen) atoms. The predicted octanol–water partition coefficient (Wildman–Crippen LogP) is 2.81. The molecule has 0 saturated heterocycles. The van der Waals surface area contributed by atoms with Crippen LogP contribution < -0.4 is 5.73 Å². The smallest absolute Gasteiger partial charge is 0.186 e. The lowest BCUT2D eigenvalue weighted by atomic mass is 10.1. The Bertz CT molecular complexity index is 639. The van der Waals surface area contributed by atoms with E-state index in [2.05, 4.69) is 0 Å². The average molecular weight is 296 g/mol. The van der Waals surface area contributed by atoms with Gasteiger partial charge < -0.3 is 5.73 Å². The van der Waals surface area contributed by atoms with Crippen molar-refractivity contribution in [3.63, 3.8) is 0 Å². The minimum Gasteiger partial charge on any atom is -0.329 e. The van der Waals surface area contributed by atoms with Crippen LogP contribution in [0.25, 0.3) is 0 Å². The zero-order valence-corrected chi connectivity index (χ0v) is 11.7. The first-order valence-electron chi connectivity index (χ1n) is 5.80. The Hall–Kier alpha value is -1.36. The Morgan fingerprint density at radius 1 is 1.00 bits per heavy atom. The van der Waals surface area contributed by atoms with E-state index in [1.54, 1.807) is 54.6 Å². The molecule has 0 aliphatic carbocycles. The molecule has 0 heterocycles. The summed E-state index contributed by atoms with van der Waals surface area (Å²) in [6, 6.07) is 15.0. The summed E-state index contributed by atoms with van der Waals surface area (Å²) >= 11 is 5.81. The number of benzene rings is 2. The van der Waals surface area contributed by atoms with E-state index >= 15 is 0 Å². The number of nitrogens with two attached hydrogens (primary N) is 1. The Kier molecular flexibility index (Phi) is 4.24. The molecular formula is C14H14ClNO2S. The van der Waals surface area contributed by atoms with Crippen molar-refractivity contribution < 1.29 is 8.42 Å². The largest absolute Gasteiger partial charge is 0.329 e. The maximum absolute atomic E-state index is 12.5. The second-order valence-electron chi connectivity index (χ2n) is 4.13. The van der Waals surface area contributed by atoms with Gasteiger partial charge in [-0.05, 0) is 29.8 Å². The minimum atomic E-state index is -3.49. The van der Waals surface area contributed by atoms with Crippen molar-refractivity contribution in [3.8, 4) is 0 Å². The number of hydrogen-bond donors (Lipinski definition) is 1. The van der Waals surface area contributed by atoms with Gasteiger partial charge >= 0.3 is 0 Å². The van der Waals surface area contributed by atoms with Crippen molar-refractivity contribution in [2.75, 3.05) is 6.54 Å². The Balaban J connectivity index is 2.45. The van der Waals surface area contributed by atoms with Gasteiger partial charge in [-0.15, -0.1) is 0 Å². The second kappa shape index (κ2) is 5.74. The minimum absolute atomic E-state index is 0.0266. The van der Waals surface area contributed by atoms with Gasteiger partial charge in [0.25, 0.3) is 0 Å². The van der Waals surface area contributed by atoms with Gasteiger partial charge in [-0.3, -0.25) is 0 Å². The van der Waals surface area contributed by atoms with E-state index in [0.29, 0.717) is 10.6 Å². The lowest BCUT2D eigenvalue weighted by molar-refractivity contribution is 0.582. The van der Waals surface area contributed by atoms with E-state index in [-0.39, 0.29) is 11.4 Å². The van der Waals surface area contributed by atoms with Crippen LogP contribution in [0.1, 0.15) is 10.8 Å². The molecular weight excluding hydrogens is 282 g/mol. The van der Waals surface area contributed by atoms with Gasteiger partial charge in [-0.1, -0.05) is 41.9 Å². The monoisotopic (exact) mass is 295 g/mol. The van der Waals surface area contributed by atoms with Gasteiger partial charge in [-0.25, -0.2) is 8.42 Å². The predicted molar refractivity (Wildman–Crippen MR) is 76.9 cm³/mol. The van der Waals surface area contributed by atoms with Crippen molar-refractivity contribution in [2.24, 2.45) is 5.73 Å². The van der Waals surface area contributed by atoms with Crippen LogP contribution in [0.5, 0.6) is 0 Å². The fourth-order valence-corrected chi connectivity index (χ4v) is 3.65. The summed E-state index contributed by atoms with van der Waals surface area (Å²) in [5, 5.41) is -0.191. The Labute approximate surface area is 117 Å². The molecule has 100 valence electrons. The standard InChI is InChI=1S/C14H14ClNO2S/c15-12-8-6-11(7-9-12)14(10-16)19(17,18)13-4-2-1-3-5-13/h1-9,14H,10,16H2/t14-/m1/s1. The van der Waals surface area contributed by atoms with Gasteiger partial charge in [0.1, 0.15) is 5.25 Å². The first kappa shape index (κ1) is 14.1. The molecule has 0 spiro atoms. The number of halogens is 1. The van der Waals surface area contributed by atoms with Crippen LogP contribution in [0.15, 0.2) is 59.5 Å². The molecule has 0 saturated carbocycles. The van der Waals surface area contributed by atoms with E-state index in [1.807, 2.05) is 0 Å². The summed E-state index contributed by atoms with van der Waals surface area (Å²) in [5.74, 6) is 0. The number of rotatable bonds is 4. The second-order valence-corrected chi connectivity index (χ2v) is 6.70. The molecule has 0 aliphatic rings. The van der Waals surface area contributed by atoms with Gasteiger partial charge in [0.2, 0.25) is 0 Å². The summed E-state index contributed by atoms with van der Waals surface area (Å²) in [6.45, 7) is 0.0266. The molecule has 2 aromatic carbocycles. The van der Waals surface area contributed by atoms with Crippen molar-refractivity contribution in [3.05, 3.63) is 65.2 Å². The van der Waals surface area contributed by atoms with Crippen LogP contribution in [0.4, 0.5) is 0 Å². The molecule has 5 heteroatoms. The van der Waals surface area contributed by atoms with Crippen molar-refractivity contribution in [1.29, 1.82) is 0 Å². The van der Waals surface area contributed by atoms with E-state index in [1.165, 1.54) is 0 Å². The number of hydrogen-bond acceptors (Lipinski definition) is 3. The van der Waals surface area contributed by atoms with E-state index in [9.17, 15) is 8.42 Å². The summed E-state index contributed by atoms with van der Waals surface area (Å²) in [7, 11) is -3.49. The van der Waals surface area contributed by atoms with E-state index in [4.69, 9.17) is 17.3 Å². The van der Waals surface area contributed by atoms with Crippen molar-refractivity contribution in [1.82, 2.24) is 0 Å². The summed E-state index contributed by atoms with van der Waals surface area (Å²) in [6.07, 6.45) is 0. The molecule has 0 radical (unpaired) electrons. The Morgan fingerprint density at radius 3 is 2.11 bits per heavy atom. The maximum Gasteiger partial charge on any atom is 0.186 e. The third-order valence-corrected chi connectivity index (χ3v) is 5.30. The molecule has 3 nitrogen and oxygen atoms in total. The topological polar surface area (TPSA) is 60.2 Å². The van der Waals surface area contributed by atoms with Crippen LogP contribution in [0.2, 0.25) is 5.02 Å². The lowest BCUT2D eigenvalue weighted by Gasteiger charge is -2.16. The molecule has 0 aromatic heterocycles. The van der Waals surface area contributed by atoms with E-state index < -0.39 is 15.1 Å². The molecule has 0 unspecified atom stereocenters. The van der Waals surface area contributed by atoms with Crippen molar-refractivity contribution >= 4 is 21.4 Å². The van der Waals surface area contributed by atoms with Crippen LogP contribution in [-0.4, -0.2) is 15.0 Å². The Morgan fingerprint density at radius 2 is 1.58 bits per heavy atom. The van der Waals surface area contributed by atoms with Gasteiger partial charge in [0, 0.05) is 11.6 Å². The molecule has 1 atom stereocenters. The fourth-order valence-electron chi connectivity index (χ4n) is 1.89. The SMILES string of the molecule is NC[C@H](c1ccc(Cl)cc1)S(=O)(=O)c1ccccc1. The molecule has 2 aromatic rings. The van der Waals surface area contributed by atoms with Crippen LogP contribution in [0.3, 0.4) is 0 Å². The summed E-state index contributed by atoms with van der Waals surface area (Å²) in [5.41, 5.74) is 6.30. The zero-order valence-electron chi connectivity index (χ0n) is 10.2. The maximum atomic E-state index is 12.5. The zero-order chi connectivity index (χ0) is 13.9. The highest BCUT2D eigenvalue weighted by Crippen LogP contribution is 2.28. The van der Waals surface area contributed by atoms with Gasteiger partial charge in [-0.2, -0.15) is 0 Å². The summed E-state index contributed by atoms with van der Waals surface area (Å²) < 4.78 is 25.1. The molecule has 2 rings (SSSR count). The fraction of sp³-hybridized carbons (Fsp3) is 0.143. The van der Waals surface area contributed by atoms with Gasteiger partial charge in [0.05, 0.1) is 4.90 Å². The molecule has 0 amide bonds. The third-order valence-electron chi connectivity index (χ3n) is 2.90. The van der Waals surface area contributed by atoms with Crippen LogP contribution >= 0.6 is 11.6 Å². The molecule has 0 bridgehead atoms. The van der Waals surface area contributed by atoms with Crippen LogP contribution in [0, 0.1) is 0 Å². The highest BCUT2D eigenvalue weighted by Gasteiger charge is 2.27. The first-order chi connectivity index (χ1) is 9.05. The lowest BCUT2D eigenvalue weighted by Crippen LogP contribution is -2.22. The molecule has 0 aliphatic heterocycles. The van der Waals surface area contributed by atoms with Crippen molar-refractivity contribution in [2.45, 2.75) is 10.1 Å². The molecule has 2 N–H and O–H groups in total. The highest BCUT2D eigenvalue weighted by molar-refractivity contribution is 7.91. The normalized spacial score (nSPS) is 13.2. The average Bonchev–Trinajstić information content (AvgIpc) is 2.42. The third kappa shape index (κ3) is 2.97. The quantitative estimate of drug-likeness (QED) is 0.943. The summed E-state index contributed by atoms with van der Waals surface area (Å²) in [4.78, 5) is 0.278. The van der Waals surface area contributed by atoms with Crippen LogP contribution in [-0.2, 0) is 9.84 Å². The highest BCUT2D eigenvalue weighted by atomic mass is 35.5.